The average molecular weight is 372 g/mol. The number of aryl methyl sites for hydroxylation is 1. The molecule has 3 rings (SSSR count). The van der Waals surface area contributed by atoms with Crippen LogP contribution < -0.4 is 10.1 Å². The van der Waals surface area contributed by atoms with Crippen LogP contribution in [0.3, 0.4) is 0 Å². The van der Waals surface area contributed by atoms with E-state index in [2.05, 4.69) is 29.1 Å². The van der Waals surface area contributed by atoms with Crippen molar-refractivity contribution < 1.29 is 9.13 Å². The number of pyridine rings is 2. The summed E-state index contributed by atoms with van der Waals surface area (Å²) < 4.78 is 19.5. The number of anilines is 1. The lowest BCUT2D eigenvalue weighted by Crippen LogP contribution is -1.98. The van der Waals surface area contributed by atoms with Crippen molar-refractivity contribution in [3.05, 3.63) is 48.0 Å². The normalized spacial score (nSPS) is 9.63. The summed E-state index contributed by atoms with van der Waals surface area (Å²) >= 11 is 0. The largest absolute Gasteiger partial charge is 0.494 e. The second-order valence-corrected chi connectivity index (χ2v) is 5.68. The highest BCUT2D eigenvalue weighted by Gasteiger charge is 2.14. The molecular weight excluding hydrogens is 341 g/mol. The third kappa shape index (κ3) is 5.39. The maximum Gasteiger partial charge on any atom is 0.174 e. The Kier molecular flexibility index (Phi) is 9.20. The van der Waals surface area contributed by atoms with E-state index in [1.54, 1.807) is 31.4 Å². The molecule has 0 aliphatic rings. The smallest absolute Gasteiger partial charge is 0.174 e. The Morgan fingerprint density at radius 2 is 1.81 bits per heavy atom. The monoisotopic (exact) mass is 371 g/mol. The first kappa shape index (κ1) is 22.4. The van der Waals surface area contributed by atoms with Crippen molar-refractivity contribution in [2.45, 2.75) is 41.0 Å². The molecule has 0 saturated carbocycles. The fourth-order valence-corrected chi connectivity index (χ4v) is 2.45. The van der Waals surface area contributed by atoms with Gasteiger partial charge in [0.2, 0.25) is 0 Å². The zero-order valence-corrected chi connectivity index (χ0v) is 17.4. The highest BCUT2D eigenvalue weighted by molar-refractivity contribution is 5.94. The molecular formula is C22H30FN3O. The van der Waals surface area contributed by atoms with Gasteiger partial charge < -0.3 is 10.1 Å². The number of hydrogen-bond acceptors (Lipinski definition) is 4. The van der Waals surface area contributed by atoms with Gasteiger partial charge in [-0.3, -0.25) is 4.98 Å². The van der Waals surface area contributed by atoms with Gasteiger partial charge in [-0.05, 0) is 31.2 Å². The second-order valence-electron chi connectivity index (χ2n) is 5.68. The molecule has 0 atom stereocenters. The highest BCUT2D eigenvalue weighted by Crippen LogP contribution is 2.32. The molecule has 0 aliphatic carbocycles. The molecule has 0 fully saturated rings. The number of halogens is 1. The molecule has 0 spiro atoms. The number of ether oxygens (including phenoxy) is 1. The number of rotatable bonds is 3. The second kappa shape index (κ2) is 11.1. The van der Waals surface area contributed by atoms with Crippen LogP contribution in [0, 0.1) is 12.7 Å². The first-order valence-corrected chi connectivity index (χ1v) is 9.33. The van der Waals surface area contributed by atoms with Gasteiger partial charge in [0.1, 0.15) is 5.82 Å². The summed E-state index contributed by atoms with van der Waals surface area (Å²) in [7, 11) is 3.24. The molecule has 0 unspecified atom stereocenters. The molecule has 0 radical (unpaired) electrons. The third-order valence-corrected chi connectivity index (χ3v) is 3.55. The van der Waals surface area contributed by atoms with Crippen LogP contribution in [0.15, 0.2) is 36.5 Å². The van der Waals surface area contributed by atoms with Crippen molar-refractivity contribution in [1.82, 2.24) is 9.97 Å². The Morgan fingerprint density at radius 1 is 1.15 bits per heavy atom. The van der Waals surface area contributed by atoms with Crippen LogP contribution >= 0.6 is 0 Å². The van der Waals surface area contributed by atoms with Gasteiger partial charge in [-0.1, -0.05) is 40.2 Å². The van der Waals surface area contributed by atoms with Crippen LogP contribution in [0.5, 0.6) is 5.75 Å². The number of benzene rings is 1. The quantitative estimate of drug-likeness (QED) is 0.592. The predicted molar refractivity (Wildman–Crippen MR) is 113 cm³/mol. The minimum absolute atomic E-state index is 0.201. The summed E-state index contributed by atoms with van der Waals surface area (Å²) in [4.78, 5) is 8.83. The number of nitrogens with zero attached hydrogens (tertiary/aromatic N) is 2. The summed E-state index contributed by atoms with van der Waals surface area (Å²) in [6, 6.07) is 8.81. The van der Waals surface area contributed by atoms with Crippen LogP contribution in [-0.4, -0.2) is 24.1 Å². The molecule has 27 heavy (non-hydrogen) atoms. The van der Waals surface area contributed by atoms with Gasteiger partial charge in [0.15, 0.2) is 11.6 Å². The van der Waals surface area contributed by atoms with E-state index in [4.69, 9.17) is 4.74 Å². The molecule has 2 aromatic heterocycles. The first-order valence-electron chi connectivity index (χ1n) is 9.33. The third-order valence-electron chi connectivity index (χ3n) is 3.55. The minimum atomic E-state index is -0.418. The predicted octanol–water partition coefficient (Wildman–Crippen LogP) is 6.24. The molecule has 3 aromatic rings. The number of methoxy groups -OCH3 is 1. The summed E-state index contributed by atoms with van der Waals surface area (Å²) in [6.07, 6.45) is 3.02. The van der Waals surface area contributed by atoms with Crippen molar-refractivity contribution in [3.63, 3.8) is 0 Å². The van der Waals surface area contributed by atoms with Gasteiger partial charge in [-0.25, -0.2) is 9.37 Å². The van der Waals surface area contributed by atoms with Crippen molar-refractivity contribution in [3.8, 4) is 17.0 Å². The molecule has 1 aromatic carbocycles. The van der Waals surface area contributed by atoms with Crippen molar-refractivity contribution in [2.24, 2.45) is 0 Å². The molecule has 1 N–H and O–H groups in total. The van der Waals surface area contributed by atoms with E-state index in [9.17, 15) is 4.39 Å². The zero-order chi connectivity index (χ0) is 20.4. The Bertz CT molecular complexity index is 866. The van der Waals surface area contributed by atoms with Crippen LogP contribution in [0.4, 0.5) is 10.2 Å². The molecule has 2 heterocycles. The van der Waals surface area contributed by atoms with E-state index in [1.807, 2.05) is 32.9 Å². The highest BCUT2D eigenvalue weighted by atomic mass is 19.1. The fourth-order valence-electron chi connectivity index (χ4n) is 2.45. The summed E-state index contributed by atoms with van der Waals surface area (Å²) in [5, 5.41) is 4.93. The molecule has 146 valence electrons. The lowest BCUT2D eigenvalue weighted by Gasteiger charge is -2.11. The lowest BCUT2D eigenvalue weighted by molar-refractivity contribution is 0.387. The summed E-state index contributed by atoms with van der Waals surface area (Å²) in [6.45, 7) is 10.2. The van der Waals surface area contributed by atoms with E-state index < -0.39 is 5.82 Å². The van der Waals surface area contributed by atoms with Gasteiger partial charge in [-0.15, -0.1) is 0 Å². The van der Waals surface area contributed by atoms with Crippen LogP contribution in [0.25, 0.3) is 22.0 Å². The van der Waals surface area contributed by atoms with Crippen LogP contribution in [-0.2, 0) is 0 Å². The number of nitrogens with one attached hydrogen (secondary N) is 1. The van der Waals surface area contributed by atoms with E-state index in [1.165, 1.54) is 13.5 Å². The average Bonchev–Trinajstić information content (AvgIpc) is 2.69. The minimum Gasteiger partial charge on any atom is -0.494 e. The van der Waals surface area contributed by atoms with Crippen LogP contribution in [0.2, 0.25) is 0 Å². The van der Waals surface area contributed by atoms with E-state index >= 15 is 0 Å². The van der Waals surface area contributed by atoms with Gasteiger partial charge in [0, 0.05) is 35.3 Å². The Hall–Kier alpha value is -2.69. The molecule has 0 amide bonds. The number of fused-ring (bicyclic) bond motifs is 1. The van der Waals surface area contributed by atoms with E-state index in [0.29, 0.717) is 17.1 Å². The molecule has 5 heteroatoms. The Balaban J connectivity index is 0.000000665. The fraction of sp³-hybridized carbons (Fsp3) is 0.364. The first-order chi connectivity index (χ1) is 13.0. The van der Waals surface area contributed by atoms with Crippen molar-refractivity contribution in [1.29, 1.82) is 0 Å². The summed E-state index contributed by atoms with van der Waals surface area (Å²) in [5.41, 5.74) is 1.85. The Morgan fingerprint density at radius 3 is 2.41 bits per heavy atom. The van der Waals surface area contributed by atoms with Gasteiger partial charge in [0.05, 0.1) is 12.8 Å². The number of hydrogen-bond donors (Lipinski definition) is 1. The summed E-state index contributed by atoms with van der Waals surface area (Å²) in [5.74, 6) is 0.478. The maximum atomic E-state index is 14.5. The Labute approximate surface area is 161 Å². The standard InChI is InChI=1S/C17H16FN3O.C3H8.C2H6/c1-10-7-13-11(9-20-10)8-14(21-17(13)19-2)12-5-4-6-15(22-3)16(12)18;1-3-2;1-2/h4-9H,1-3H3,(H,19,21);3H2,1-2H3;1-2H3. The SMILES string of the molecule is CC.CCC.CNc1nc(-c2cccc(OC)c2F)cc2cnc(C)cc12. The van der Waals surface area contributed by atoms with Gasteiger partial charge in [0.25, 0.3) is 0 Å². The van der Waals surface area contributed by atoms with Crippen LogP contribution in [0.1, 0.15) is 39.8 Å². The molecule has 4 nitrogen and oxygen atoms in total. The lowest BCUT2D eigenvalue weighted by atomic mass is 10.1. The van der Waals surface area contributed by atoms with E-state index in [0.717, 1.165) is 16.5 Å². The topological polar surface area (TPSA) is 47.0 Å². The molecule has 0 aliphatic heterocycles. The van der Waals surface area contributed by atoms with E-state index in [-0.39, 0.29) is 5.75 Å². The van der Waals surface area contributed by atoms with Crippen molar-refractivity contribution in [2.75, 3.05) is 19.5 Å². The molecule has 0 bridgehead atoms. The van der Waals surface area contributed by atoms with Crippen molar-refractivity contribution >= 4 is 16.6 Å². The molecule has 0 saturated heterocycles. The zero-order valence-electron chi connectivity index (χ0n) is 17.4. The maximum absolute atomic E-state index is 14.5. The number of aromatic nitrogens is 2. The van der Waals surface area contributed by atoms with Gasteiger partial charge in [-0.2, -0.15) is 0 Å². The van der Waals surface area contributed by atoms with Gasteiger partial charge >= 0.3 is 0 Å².